The highest BCUT2D eigenvalue weighted by Crippen LogP contribution is 2.29. The smallest absolute Gasteiger partial charge is 0.407 e. The Morgan fingerprint density at radius 1 is 1.03 bits per heavy atom. The Hall–Kier alpha value is -3.82. The van der Waals surface area contributed by atoms with Crippen LogP contribution in [0.4, 0.5) is 13.6 Å². The molecule has 1 aromatic heterocycles. The second-order valence-electron chi connectivity index (χ2n) is 8.48. The minimum atomic E-state index is -2.61. The minimum Gasteiger partial charge on any atom is -0.497 e. The number of alkyl halides is 2. The molecule has 2 aromatic carbocycles. The Labute approximate surface area is 202 Å². The molecule has 0 saturated carbocycles. The summed E-state index contributed by atoms with van der Waals surface area (Å²) >= 11 is 0. The molecule has 0 saturated heterocycles. The van der Waals surface area contributed by atoms with E-state index in [1.807, 2.05) is 12.1 Å². The van der Waals surface area contributed by atoms with Gasteiger partial charge in [0, 0.05) is 11.6 Å². The number of carbonyl (C=O) groups is 1. The molecule has 35 heavy (non-hydrogen) atoms. The van der Waals surface area contributed by atoms with E-state index in [1.54, 1.807) is 75.0 Å². The van der Waals surface area contributed by atoms with E-state index in [9.17, 15) is 13.6 Å². The molecule has 3 rings (SSSR count). The van der Waals surface area contributed by atoms with Crippen LogP contribution in [0.1, 0.15) is 20.8 Å². The van der Waals surface area contributed by atoms with Gasteiger partial charge in [-0.2, -0.15) is 0 Å². The lowest BCUT2D eigenvalue weighted by Crippen LogP contribution is -2.34. The maximum atomic E-state index is 12.6. The van der Waals surface area contributed by atoms with E-state index >= 15 is 0 Å². The van der Waals surface area contributed by atoms with E-state index < -0.39 is 24.7 Å². The van der Waals surface area contributed by atoms with Crippen LogP contribution in [-0.2, 0) is 4.74 Å². The van der Waals surface area contributed by atoms with Gasteiger partial charge < -0.3 is 24.3 Å². The molecule has 1 amide bonds. The Bertz CT molecular complexity index is 1090. The number of halogens is 2. The normalized spacial score (nSPS) is 11.3. The lowest BCUT2D eigenvalue weighted by atomic mass is 10.1. The van der Waals surface area contributed by atoms with Gasteiger partial charge in [0.15, 0.2) is 6.61 Å². The van der Waals surface area contributed by atoms with Crippen molar-refractivity contribution in [2.75, 3.05) is 26.9 Å². The number of nitrogens with zero attached hydrogens (tertiary/aromatic N) is 2. The van der Waals surface area contributed by atoms with Crippen molar-refractivity contribution in [3.05, 3.63) is 54.6 Å². The minimum absolute atomic E-state index is 0.0876. The molecule has 0 radical (unpaired) electrons. The average Bonchev–Trinajstić information content (AvgIpc) is 3.24. The molecule has 1 N–H and O–H groups in total. The third-order valence-corrected chi connectivity index (χ3v) is 4.55. The molecule has 1 heterocycles. The van der Waals surface area contributed by atoms with Crippen molar-refractivity contribution in [3.8, 4) is 34.3 Å². The topological polar surface area (TPSA) is 83.8 Å². The highest BCUT2D eigenvalue weighted by molar-refractivity contribution is 5.67. The number of rotatable bonds is 10. The predicted octanol–water partition coefficient (Wildman–Crippen LogP) is 5.10. The predicted molar refractivity (Wildman–Crippen MR) is 127 cm³/mol. The van der Waals surface area contributed by atoms with Crippen molar-refractivity contribution in [2.24, 2.45) is 0 Å². The van der Waals surface area contributed by atoms with E-state index in [1.165, 1.54) is 0 Å². The van der Waals surface area contributed by atoms with E-state index in [-0.39, 0.29) is 19.0 Å². The molecule has 0 atom stereocenters. The molecular formula is C25H29F2N3O5. The maximum Gasteiger partial charge on any atom is 0.407 e. The zero-order valence-corrected chi connectivity index (χ0v) is 20.1. The van der Waals surface area contributed by atoms with Crippen LogP contribution in [0.3, 0.4) is 0 Å². The molecule has 3 aromatic rings. The van der Waals surface area contributed by atoms with Gasteiger partial charge in [-0.3, -0.25) is 0 Å². The van der Waals surface area contributed by atoms with Crippen molar-refractivity contribution >= 4 is 6.09 Å². The van der Waals surface area contributed by atoms with E-state index in [2.05, 4.69) is 10.4 Å². The lowest BCUT2D eigenvalue weighted by molar-refractivity contribution is 0.0520. The number of methoxy groups -OCH3 is 1. The average molecular weight is 490 g/mol. The maximum absolute atomic E-state index is 12.6. The quantitative estimate of drug-likeness (QED) is 0.399. The number of ether oxygens (including phenoxy) is 4. The fraction of sp³-hybridized carbons (Fsp3) is 0.360. The Kier molecular flexibility index (Phi) is 8.51. The first-order valence-corrected chi connectivity index (χ1v) is 11.0. The molecule has 10 heteroatoms. The van der Waals surface area contributed by atoms with Crippen molar-refractivity contribution in [1.29, 1.82) is 0 Å². The molecule has 0 aliphatic rings. The monoisotopic (exact) mass is 489 g/mol. The Morgan fingerprint density at radius 3 is 2.29 bits per heavy atom. The number of hydrogen-bond acceptors (Lipinski definition) is 6. The Morgan fingerprint density at radius 2 is 1.69 bits per heavy atom. The summed E-state index contributed by atoms with van der Waals surface area (Å²) in [5, 5.41) is 6.98. The number of amides is 1. The van der Waals surface area contributed by atoms with E-state index in [4.69, 9.17) is 18.9 Å². The summed E-state index contributed by atoms with van der Waals surface area (Å²) in [6.07, 6.45) is -3.11. The zero-order chi connectivity index (χ0) is 25.4. The Balaban J connectivity index is 1.70. The van der Waals surface area contributed by atoms with Gasteiger partial charge in [0.1, 0.15) is 23.7 Å². The summed E-state index contributed by atoms with van der Waals surface area (Å²) < 4.78 is 48.1. The molecular weight excluding hydrogens is 460 g/mol. The van der Waals surface area contributed by atoms with Crippen molar-refractivity contribution in [1.82, 2.24) is 15.1 Å². The number of aromatic nitrogens is 2. The van der Waals surface area contributed by atoms with Gasteiger partial charge in [-0.1, -0.05) is 0 Å². The first-order valence-electron chi connectivity index (χ1n) is 11.0. The van der Waals surface area contributed by atoms with Crippen molar-refractivity contribution in [3.63, 3.8) is 0 Å². The van der Waals surface area contributed by atoms with Crippen LogP contribution in [0.15, 0.2) is 54.6 Å². The van der Waals surface area contributed by atoms with Crippen molar-refractivity contribution in [2.45, 2.75) is 32.8 Å². The number of hydrogen-bond donors (Lipinski definition) is 1. The molecule has 0 unspecified atom stereocenters. The van der Waals surface area contributed by atoms with Crippen LogP contribution >= 0.6 is 0 Å². The van der Waals surface area contributed by atoms with Crippen LogP contribution in [-0.4, -0.2) is 54.8 Å². The molecule has 0 aliphatic carbocycles. The van der Waals surface area contributed by atoms with Crippen molar-refractivity contribution < 1.29 is 32.5 Å². The van der Waals surface area contributed by atoms with Gasteiger partial charge in [0.25, 0.3) is 6.43 Å². The van der Waals surface area contributed by atoms with Gasteiger partial charge in [0.05, 0.1) is 25.0 Å². The van der Waals surface area contributed by atoms with Gasteiger partial charge in [-0.25, -0.2) is 18.3 Å². The molecule has 0 aliphatic heterocycles. The second-order valence-corrected chi connectivity index (χ2v) is 8.48. The van der Waals surface area contributed by atoms with Crippen LogP contribution in [0, 0.1) is 0 Å². The first kappa shape index (κ1) is 25.8. The highest BCUT2D eigenvalue weighted by atomic mass is 19.3. The van der Waals surface area contributed by atoms with Crippen LogP contribution < -0.4 is 19.5 Å². The summed E-state index contributed by atoms with van der Waals surface area (Å²) in [5.41, 5.74) is 1.57. The van der Waals surface area contributed by atoms with Gasteiger partial charge in [-0.05, 0) is 69.3 Å². The number of alkyl carbamates (subject to hydrolysis) is 1. The van der Waals surface area contributed by atoms with Gasteiger partial charge >= 0.3 is 6.09 Å². The largest absolute Gasteiger partial charge is 0.497 e. The molecule has 188 valence electrons. The number of nitrogens with one attached hydrogen (secondary N) is 1. The summed E-state index contributed by atoms with van der Waals surface area (Å²) in [5.74, 6) is 1.37. The van der Waals surface area contributed by atoms with E-state index in [0.29, 0.717) is 22.9 Å². The van der Waals surface area contributed by atoms with Gasteiger partial charge in [-0.15, -0.1) is 5.10 Å². The summed E-state index contributed by atoms with van der Waals surface area (Å²) in [6, 6.07) is 16.0. The highest BCUT2D eigenvalue weighted by Gasteiger charge is 2.16. The molecule has 0 bridgehead atoms. The zero-order valence-electron chi connectivity index (χ0n) is 20.1. The summed E-state index contributed by atoms with van der Waals surface area (Å²) in [4.78, 5) is 11.7. The summed E-state index contributed by atoms with van der Waals surface area (Å²) in [7, 11) is 1.57. The number of carbonyl (C=O) groups excluding carboxylic acids is 1. The van der Waals surface area contributed by atoms with Gasteiger partial charge in [0.2, 0.25) is 5.88 Å². The molecule has 0 spiro atoms. The SMILES string of the molecule is COc1ccc(-n2nc(OCC(F)F)cc2-c2ccc(OCCNC(=O)OC(C)(C)C)cc2)cc1. The van der Waals surface area contributed by atoms with Crippen LogP contribution in [0.5, 0.6) is 17.4 Å². The van der Waals surface area contributed by atoms with E-state index in [0.717, 1.165) is 5.56 Å². The first-order chi connectivity index (χ1) is 16.6. The summed E-state index contributed by atoms with van der Waals surface area (Å²) in [6.45, 7) is 5.17. The fourth-order valence-corrected chi connectivity index (χ4v) is 3.06. The molecule has 0 fully saturated rings. The fourth-order valence-electron chi connectivity index (χ4n) is 3.06. The second kappa shape index (κ2) is 11.5. The third-order valence-electron chi connectivity index (χ3n) is 4.55. The van der Waals surface area contributed by atoms with Crippen LogP contribution in [0.2, 0.25) is 0 Å². The number of benzene rings is 2. The van der Waals surface area contributed by atoms with Crippen LogP contribution in [0.25, 0.3) is 16.9 Å². The lowest BCUT2D eigenvalue weighted by Gasteiger charge is -2.19. The molecule has 8 nitrogen and oxygen atoms in total. The standard InChI is InChI=1S/C25H29F2N3O5/c1-25(2,3)35-24(31)28-13-14-33-20-9-5-17(6-10-20)21-15-23(34-16-22(26)27)29-30(21)18-7-11-19(32-4)12-8-18/h5-12,15,22H,13-14,16H2,1-4H3,(H,28,31). The third kappa shape index (κ3) is 7.87.